The number of nitrogens with zero attached hydrogens (tertiary/aromatic N) is 1. The molecule has 1 atom stereocenters. The van der Waals surface area contributed by atoms with E-state index >= 15 is 0 Å². The fourth-order valence-electron chi connectivity index (χ4n) is 6.96. The molecule has 1 N–H and O–H groups in total. The van der Waals surface area contributed by atoms with E-state index in [2.05, 4.69) is 22.3 Å². The second kappa shape index (κ2) is 7.37. The van der Waals surface area contributed by atoms with Crippen LogP contribution < -0.4 is 10.1 Å². The van der Waals surface area contributed by atoms with Gasteiger partial charge in [0.15, 0.2) is 0 Å². The molecule has 1 heterocycles. The number of carbonyl (C=O) groups excluding carboxylic acids is 1. The van der Waals surface area contributed by atoms with E-state index in [4.69, 9.17) is 4.74 Å². The molecule has 1 saturated heterocycles. The topological polar surface area (TPSA) is 41.6 Å². The van der Waals surface area contributed by atoms with Crippen LogP contribution in [0.25, 0.3) is 0 Å². The summed E-state index contributed by atoms with van der Waals surface area (Å²) in [5, 5.41) is 3.48. The van der Waals surface area contributed by atoms with E-state index in [9.17, 15) is 4.79 Å². The summed E-state index contributed by atoms with van der Waals surface area (Å²) in [6.07, 6.45) is 9.84. The lowest BCUT2D eigenvalue weighted by atomic mass is 9.49. The number of methoxy groups -OCH3 is 1. The van der Waals surface area contributed by atoms with Crippen molar-refractivity contribution < 1.29 is 9.53 Å². The summed E-state index contributed by atoms with van der Waals surface area (Å²) in [6, 6.07) is 8.72. The highest BCUT2D eigenvalue weighted by atomic mass is 16.5. The standard InChI is InChI=1S/C24H34N2O2/c1-28-22-4-2-17(3-5-22)6-8-26-9-7-21(16-26)25-23(27)24-13-18-10-19(14-24)12-20(11-18)15-24/h2-5,18-21H,6-16H2,1H3,(H,25,27)/t18?,19?,20?,21-,24?/m0/s1. The lowest BCUT2D eigenvalue weighted by Crippen LogP contribution is -2.55. The van der Waals surface area contributed by atoms with Crippen molar-refractivity contribution in [1.29, 1.82) is 0 Å². The van der Waals surface area contributed by atoms with Gasteiger partial charge in [-0.05, 0) is 86.8 Å². The molecule has 1 amide bonds. The van der Waals surface area contributed by atoms with Gasteiger partial charge in [-0.3, -0.25) is 4.79 Å². The summed E-state index contributed by atoms with van der Waals surface area (Å²) in [4.78, 5) is 15.8. The Labute approximate surface area is 169 Å². The maximum atomic E-state index is 13.3. The number of benzene rings is 1. The number of carbonyl (C=O) groups is 1. The van der Waals surface area contributed by atoms with Crippen LogP contribution in [0.5, 0.6) is 5.75 Å². The van der Waals surface area contributed by atoms with Gasteiger partial charge in [-0.15, -0.1) is 0 Å². The lowest BCUT2D eigenvalue weighted by Gasteiger charge is -2.55. The second-order valence-corrected chi connectivity index (χ2v) is 10.1. The molecular formula is C24H34N2O2. The molecule has 4 nitrogen and oxygen atoms in total. The number of amides is 1. The quantitative estimate of drug-likeness (QED) is 0.817. The van der Waals surface area contributed by atoms with E-state index in [1.54, 1.807) is 7.11 Å². The highest BCUT2D eigenvalue weighted by Crippen LogP contribution is 2.60. The Morgan fingerprint density at radius 1 is 1.11 bits per heavy atom. The van der Waals surface area contributed by atoms with E-state index in [-0.39, 0.29) is 5.41 Å². The first kappa shape index (κ1) is 18.5. The Morgan fingerprint density at radius 2 is 1.75 bits per heavy atom. The molecule has 1 aliphatic heterocycles. The van der Waals surface area contributed by atoms with E-state index in [0.29, 0.717) is 11.9 Å². The second-order valence-electron chi connectivity index (χ2n) is 10.1. The number of hydrogen-bond acceptors (Lipinski definition) is 3. The zero-order valence-corrected chi connectivity index (χ0v) is 17.2. The number of hydrogen-bond donors (Lipinski definition) is 1. The van der Waals surface area contributed by atoms with Crippen LogP contribution in [0.3, 0.4) is 0 Å². The molecule has 152 valence electrons. The van der Waals surface area contributed by atoms with Crippen molar-refractivity contribution in [1.82, 2.24) is 10.2 Å². The SMILES string of the molecule is COc1ccc(CCN2CC[C@H](NC(=O)C34CC5CC(CC(C5)C3)C4)C2)cc1. The monoisotopic (exact) mass is 382 g/mol. The molecule has 4 aliphatic carbocycles. The summed E-state index contributed by atoms with van der Waals surface area (Å²) in [7, 11) is 1.71. The Kier molecular flexibility index (Phi) is 4.86. The Bertz CT molecular complexity index is 679. The van der Waals surface area contributed by atoms with Crippen LogP contribution in [0, 0.1) is 23.2 Å². The summed E-state index contributed by atoms with van der Waals surface area (Å²) >= 11 is 0. The maximum Gasteiger partial charge on any atom is 0.226 e. The number of ether oxygens (including phenoxy) is 1. The molecule has 5 fully saturated rings. The van der Waals surface area contributed by atoms with Gasteiger partial charge < -0.3 is 15.0 Å². The first-order valence-corrected chi connectivity index (χ1v) is 11.3. The minimum absolute atomic E-state index is 0.00867. The van der Waals surface area contributed by atoms with Crippen molar-refractivity contribution in [3.63, 3.8) is 0 Å². The van der Waals surface area contributed by atoms with Crippen molar-refractivity contribution in [2.24, 2.45) is 23.2 Å². The number of rotatable bonds is 6. The van der Waals surface area contributed by atoms with Crippen LogP contribution >= 0.6 is 0 Å². The third-order valence-electron chi connectivity index (χ3n) is 8.00. The Balaban J connectivity index is 1.12. The first-order chi connectivity index (χ1) is 13.6. The molecule has 6 rings (SSSR count). The minimum Gasteiger partial charge on any atom is -0.497 e. The molecule has 0 aromatic heterocycles. The maximum absolute atomic E-state index is 13.3. The fraction of sp³-hybridized carbons (Fsp3) is 0.708. The largest absolute Gasteiger partial charge is 0.497 e. The van der Waals surface area contributed by atoms with Gasteiger partial charge in [-0.1, -0.05) is 12.1 Å². The molecule has 0 unspecified atom stereocenters. The van der Waals surface area contributed by atoms with Crippen molar-refractivity contribution in [3.8, 4) is 5.75 Å². The minimum atomic E-state index is -0.00867. The third-order valence-corrected chi connectivity index (χ3v) is 8.00. The Morgan fingerprint density at radius 3 is 2.36 bits per heavy atom. The van der Waals surface area contributed by atoms with Crippen molar-refractivity contribution in [2.45, 2.75) is 57.4 Å². The fourth-order valence-corrected chi connectivity index (χ4v) is 6.96. The highest BCUT2D eigenvalue weighted by molar-refractivity contribution is 5.83. The lowest BCUT2D eigenvalue weighted by molar-refractivity contribution is -0.146. The molecule has 0 radical (unpaired) electrons. The molecule has 4 heteroatoms. The zero-order chi connectivity index (χ0) is 19.1. The smallest absolute Gasteiger partial charge is 0.226 e. The van der Waals surface area contributed by atoms with Crippen LogP contribution in [-0.2, 0) is 11.2 Å². The Hall–Kier alpha value is -1.55. The molecule has 4 saturated carbocycles. The van der Waals surface area contributed by atoms with Gasteiger partial charge in [0.25, 0.3) is 0 Å². The number of nitrogens with one attached hydrogen (secondary N) is 1. The van der Waals surface area contributed by atoms with Gasteiger partial charge in [0.1, 0.15) is 5.75 Å². The van der Waals surface area contributed by atoms with Gasteiger partial charge >= 0.3 is 0 Å². The van der Waals surface area contributed by atoms with Crippen LogP contribution in [0.15, 0.2) is 24.3 Å². The first-order valence-electron chi connectivity index (χ1n) is 11.3. The van der Waals surface area contributed by atoms with E-state index in [1.165, 1.54) is 44.1 Å². The van der Waals surface area contributed by atoms with E-state index < -0.39 is 0 Å². The average molecular weight is 383 g/mol. The molecule has 0 spiro atoms. The number of likely N-dealkylation sites (tertiary alicyclic amines) is 1. The van der Waals surface area contributed by atoms with E-state index in [1.807, 2.05) is 12.1 Å². The van der Waals surface area contributed by atoms with E-state index in [0.717, 1.165) is 56.0 Å². The predicted octanol–water partition coefficient (Wildman–Crippen LogP) is 3.64. The van der Waals surface area contributed by atoms with Gasteiger partial charge in [0.05, 0.1) is 7.11 Å². The molecule has 4 bridgehead atoms. The van der Waals surface area contributed by atoms with Crippen molar-refractivity contribution in [2.75, 3.05) is 26.7 Å². The summed E-state index contributed by atoms with van der Waals surface area (Å²) in [6.45, 7) is 3.17. The summed E-state index contributed by atoms with van der Waals surface area (Å²) in [5.74, 6) is 3.82. The molecule has 5 aliphatic rings. The third kappa shape index (κ3) is 3.56. The van der Waals surface area contributed by atoms with Crippen molar-refractivity contribution in [3.05, 3.63) is 29.8 Å². The van der Waals surface area contributed by atoms with Crippen LogP contribution in [0.1, 0.15) is 50.5 Å². The van der Waals surface area contributed by atoms with Crippen LogP contribution in [-0.4, -0.2) is 43.6 Å². The molecule has 28 heavy (non-hydrogen) atoms. The van der Waals surface area contributed by atoms with Gasteiger partial charge in [-0.2, -0.15) is 0 Å². The molecule has 1 aromatic carbocycles. The predicted molar refractivity (Wildman–Crippen MR) is 110 cm³/mol. The zero-order valence-electron chi connectivity index (χ0n) is 17.2. The summed E-state index contributed by atoms with van der Waals surface area (Å²) in [5.41, 5.74) is 1.34. The van der Waals surface area contributed by atoms with Crippen LogP contribution in [0.2, 0.25) is 0 Å². The molecular weight excluding hydrogens is 348 g/mol. The molecule has 1 aromatic rings. The van der Waals surface area contributed by atoms with Crippen molar-refractivity contribution >= 4 is 5.91 Å². The van der Waals surface area contributed by atoms with Gasteiger partial charge in [0.2, 0.25) is 5.91 Å². The van der Waals surface area contributed by atoms with Gasteiger partial charge in [0, 0.05) is 31.1 Å². The normalized spacial score (nSPS) is 36.6. The summed E-state index contributed by atoms with van der Waals surface area (Å²) < 4.78 is 5.23. The van der Waals surface area contributed by atoms with Crippen LogP contribution in [0.4, 0.5) is 0 Å². The average Bonchev–Trinajstić information content (AvgIpc) is 3.13. The highest BCUT2D eigenvalue weighted by Gasteiger charge is 2.54. The van der Waals surface area contributed by atoms with Gasteiger partial charge in [-0.25, -0.2) is 0 Å².